The van der Waals surface area contributed by atoms with Crippen LogP contribution in [0.15, 0.2) is 36.5 Å². The first-order chi connectivity index (χ1) is 29.2. The third-order valence-corrected chi connectivity index (χ3v) is 21.0. The minimum absolute atomic E-state index is 0.00221. The molecule has 8 rings (SSSR count). The molecule has 13 heteroatoms. The zero-order chi connectivity index (χ0) is 44.7. The van der Waals surface area contributed by atoms with Gasteiger partial charge in [-0.1, -0.05) is 71.7 Å². The molecule has 0 unspecified atom stereocenters. The van der Waals surface area contributed by atoms with Gasteiger partial charge in [0.05, 0.1) is 28.6 Å². The molecule has 0 bridgehead atoms. The molecule has 4 aromatic rings. The second kappa shape index (κ2) is 16.0. The van der Waals surface area contributed by atoms with E-state index in [0.29, 0.717) is 70.1 Å². The SMILES string of the molecule is CC(C)[Si](C#Cc1c(F)ccc2cccc(-c3ncc4c(N(C)[C@@H]5CCN(C(=O)OC(C)(C)C)[C@@H]5C)nc(OC[C@]56C[C@@H](F)CN5CC5(CC5)C6)nc4c3F)c12)(C(C)C)C(C)C. The van der Waals surface area contributed by atoms with Crippen molar-refractivity contribution < 1.29 is 27.4 Å². The number of rotatable bonds is 9. The summed E-state index contributed by atoms with van der Waals surface area (Å²) in [6.45, 7) is 22.7. The number of hydrogen-bond acceptors (Lipinski definition) is 8. The van der Waals surface area contributed by atoms with Crippen molar-refractivity contribution in [2.75, 3.05) is 38.2 Å². The van der Waals surface area contributed by atoms with Crippen LogP contribution in [0.1, 0.15) is 107 Å². The van der Waals surface area contributed by atoms with Gasteiger partial charge in [0.15, 0.2) is 5.82 Å². The molecule has 1 amide bonds. The Balaban J connectivity index is 1.25. The maximum atomic E-state index is 17.6. The lowest BCUT2D eigenvalue weighted by molar-refractivity contribution is 0.0233. The molecule has 2 aromatic heterocycles. The van der Waals surface area contributed by atoms with E-state index in [1.54, 1.807) is 23.2 Å². The first kappa shape index (κ1) is 44.2. The van der Waals surface area contributed by atoms with Gasteiger partial charge in [-0.2, -0.15) is 9.97 Å². The van der Waals surface area contributed by atoms with E-state index in [9.17, 15) is 4.79 Å². The van der Waals surface area contributed by atoms with Crippen molar-refractivity contribution in [3.63, 3.8) is 0 Å². The van der Waals surface area contributed by atoms with Crippen molar-refractivity contribution >= 4 is 41.7 Å². The highest BCUT2D eigenvalue weighted by Crippen LogP contribution is 2.61. The van der Waals surface area contributed by atoms with E-state index >= 15 is 13.2 Å². The third-order valence-electron chi connectivity index (χ3n) is 14.7. The number of halogens is 3. The summed E-state index contributed by atoms with van der Waals surface area (Å²) in [5, 5.41) is 1.57. The molecule has 332 valence electrons. The summed E-state index contributed by atoms with van der Waals surface area (Å²) in [5.41, 5.74) is 4.40. The van der Waals surface area contributed by atoms with Crippen LogP contribution in [0.4, 0.5) is 23.8 Å². The minimum Gasteiger partial charge on any atom is -0.461 e. The predicted octanol–water partition coefficient (Wildman–Crippen LogP) is 10.9. The van der Waals surface area contributed by atoms with Crippen LogP contribution < -0.4 is 9.64 Å². The van der Waals surface area contributed by atoms with E-state index in [0.717, 1.165) is 25.8 Å². The van der Waals surface area contributed by atoms with Crippen molar-refractivity contribution in [2.45, 2.75) is 147 Å². The average Bonchev–Trinajstić information content (AvgIpc) is 3.58. The molecule has 1 saturated carbocycles. The summed E-state index contributed by atoms with van der Waals surface area (Å²) in [7, 11) is -0.388. The number of ether oxygens (including phenoxy) is 2. The van der Waals surface area contributed by atoms with Gasteiger partial charge in [-0.3, -0.25) is 9.88 Å². The van der Waals surface area contributed by atoms with Crippen molar-refractivity contribution in [3.05, 3.63) is 53.7 Å². The average molecular weight is 869 g/mol. The number of carbonyl (C=O) groups is 1. The molecule has 1 aliphatic carbocycles. The Morgan fingerprint density at radius 2 is 1.76 bits per heavy atom. The second-order valence-electron chi connectivity index (χ2n) is 20.7. The van der Waals surface area contributed by atoms with Crippen LogP contribution in [-0.4, -0.2) is 102 Å². The number of anilines is 1. The van der Waals surface area contributed by atoms with Crippen molar-refractivity contribution in [1.29, 1.82) is 0 Å². The van der Waals surface area contributed by atoms with E-state index in [4.69, 9.17) is 24.4 Å². The molecule has 3 saturated heterocycles. The Labute approximate surface area is 366 Å². The highest BCUT2D eigenvalue weighted by atomic mass is 28.3. The van der Waals surface area contributed by atoms with E-state index < -0.39 is 43.1 Å². The monoisotopic (exact) mass is 868 g/mol. The Hall–Kier alpha value is -4.41. The minimum atomic E-state index is -2.27. The molecule has 5 heterocycles. The van der Waals surface area contributed by atoms with Crippen LogP contribution >= 0.6 is 0 Å². The molecular formula is C49H63F3N6O3Si. The van der Waals surface area contributed by atoms with Gasteiger partial charge >= 0.3 is 12.1 Å². The van der Waals surface area contributed by atoms with Gasteiger partial charge in [-0.25, -0.2) is 18.0 Å². The number of fused-ring (bicyclic) bond motifs is 3. The predicted molar refractivity (Wildman–Crippen MR) is 243 cm³/mol. The summed E-state index contributed by atoms with van der Waals surface area (Å²) >= 11 is 0. The summed E-state index contributed by atoms with van der Waals surface area (Å²) in [4.78, 5) is 33.6. The zero-order valence-corrected chi connectivity index (χ0v) is 39.3. The van der Waals surface area contributed by atoms with Gasteiger partial charge in [0.25, 0.3) is 0 Å². The number of aromatic nitrogens is 3. The molecule has 62 heavy (non-hydrogen) atoms. The van der Waals surface area contributed by atoms with Crippen molar-refractivity contribution in [2.24, 2.45) is 5.41 Å². The van der Waals surface area contributed by atoms with Crippen LogP contribution in [0, 0.1) is 28.5 Å². The van der Waals surface area contributed by atoms with Gasteiger partial charge in [0.2, 0.25) is 0 Å². The highest BCUT2D eigenvalue weighted by Gasteiger charge is 2.62. The first-order valence-electron chi connectivity index (χ1n) is 22.5. The molecule has 0 N–H and O–H groups in total. The number of nitrogens with zero attached hydrogens (tertiary/aromatic N) is 6. The van der Waals surface area contributed by atoms with E-state index in [1.807, 2.05) is 51.8 Å². The first-order valence-corrected chi connectivity index (χ1v) is 24.8. The Kier molecular flexibility index (Phi) is 11.4. The van der Waals surface area contributed by atoms with E-state index in [1.165, 1.54) is 6.07 Å². The van der Waals surface area contributed by atoms with Gasteiger partial charge in [-0.15, -0.1) is 5.54 Å². The molecular weight excluding hydrogens is 806 g/mol. The van der Waals surface area contributed by atoms with Crippen LogP contribution in [0.3, 0.4) is 0 Å². The topological polar surface area (TPSA) is 83.9 Å². The third kappa shape index (κ3) is 7.71. The molecule has 3 aliphatic heterocycles. The lowest BCUT2D eigenvalue weighted by Crippen LogP contribution is -2.45. The molecule has 9 nitrogen and oxygen atoms in total. The van der Waals surface area contributed by atoms with Crippen LogP contribution in [0.2, 0.25) is 16.6 Å². The fourth-order valence-corrected chi connectivity index (χ4v) is 16.7. The van der Waals surface area contributed by atoms with Crippen LogP contribution in [0.5, 0.6) is 6.01 Å². The summed E-state index contributed by atoms with van der Waals surface area (Å²) in [6, 6.07) is 8.09. The number of amides is 1. The fraction of sp³-hybridized carbons (Fsp3) is 0.592. The number of pyridine rings is 1. The van der Waals surface area contributed by atoms with Gasteiger partial charge < -0.3 is 19.3 Å². The number of likely N-dealkylation sites (N-methyl/N-ethyl adjacent to an activating group) is 1. The lowest BCUT2D eigenvalue weighted by atomic mass is 9.89. The number of likely N-dealkylation sites (tertiary alicyclic amines) is 1. The quantitative estimate of drug-likeness (QED) is 0.121. The van der Waals surface area contributed by atoms with Gasteiger partial charge in [0, 0.05) is 50.2 Å². The zero-order valence-electron chi connectivity index (χ0n) is 38.3. The van der Waals surface area contributed by atoms with Gasteiger partial charge in [0.1, 0.15) is 49.3 Å². The molecule has 0 radical (unpaired) electrons. The Bertz CT molecular complexity index is 2440. The summed E-state index contributed by atoms with van der Waals surface area (Å²) in [5.74, 6) is 2.57. The summed E-state index contributed by atoms with van der Waals surface area (Å²) in [6.07, 6.45) is 4.33. The van der Waals surface area contributed by atoms with Crippen LogP contribution in [-0.2, 0) is 4.74 Å². The summed E-state index contributed by atoms with van der Waals surface area (Å²) < 4.78 is 61.1. The maximum absolute atomic E-state index is 17.6. The largest absolute Gasteiger partial charge is 0.461 e. The van der Waals surface area contributed by atoms with E-state index in [-0.39, 0.29) is 46.9 Å². The Morgan fingerprint density at radius 1 is 1.05 bits per heavy atom. The molecule has 2 aromatic carbocycles. The molecule has 4 aliphatic rings. The lowest BCUT2D eigenvalue weighted by Gasteiger charge is -2.38. The standard InChI is InChI=1S/C49H63F3N6O3Si/c1-29(2)62(30(3)4,31(5)6)22-18-35-38(51)16-15-33-13-12-14-36(40(33)35)42-41(52)43-37(24-53-42)44(56(11)39-17-21-58(32(39)7)46(59)61-47(8,9)10)55-45(54-43)60-28-49-23-34(50)25-57(49)27-48(26-49)19-20-48/h12-16,24,29-32,34,39H,17,19-21,23,25-28H2,1-11H3/t32-,34-,39-,49-/m1/s1. The van der Waals surface area contributed by atoms with Gasteiger partial charge in [-0.05, 0) is 86.9 Å². The van der Waals surface area contributed by atoms with Crippen molar-refractivity contribution in [1.82, 2.24) is 24.8 Å². The maximum Gasteiger partial charge on any atom is 0.410 e. The molecule has 4 atom stereocenters. The number of alkyl halides is 1. The fourth-order valence-electron chi connectivity index (χ4n) is 11.5. The molecule has 4 fully saturated rings. The number of benzene rings is 2. The normalized spacial score (nSPS) is 23.5. The number of carbonyl (C=O) groups excluding carboxylic acids is 1. The molecule has 1 spiro atoms. The smallest absolute Gasteiger partial charge is 0.410 e. The van der Waals surface area contributed by atoms with E-state index in [2.05, 4.69) is 57.9 Å². The van der Waals surface area contributed by atoms with Crippen LogP contribution in [0.25, 0.3) is 32.9 Å². The second-order valence-corrected chi connectivity index (χ2v) is 26.3. The Morgan fingerprint density at radius 3 is 2.42 bits per heavy atom. The number of hydrogen-bond donors (Lipinski definition) is 0. The van der Waals surface area contributed by atoms with Crippen molar-refractivity contribution in [3.8, 4) is 28.7 Å². The highest BCUT2D eigenvalue weighted by molar-refractivity contribution is 6.90.